The Morgan fingerprint density at radius 2 is 1.83 bits per heavy atom. The molecule has 0 bridgehead atoms. The summed E-state index contributed by atoms with van der Waals surface area (Å²) in [6.07, 6.45) is 3.20. The Bertz CT molecular complexity index is 1360. The molecule has 0 saturated heterocycles. The van der Waals surface area contributed by atoms with Crippen molar-refractivity contribution in [3.8, 4) is 22.8 Å². The third-order valence-electron chi connectivity index (χ3n) is 5.40. The number of anilines is 1. The number of carbonyl (C=O) groups excluding carboxylic acids is 1. The molecule has 1 heterocycles. The first-order chi connectivity index (χ1) is 16.9. The van der Waals surface area contributed by atoms with Gasteiger partial charge < -0.3 is 9.47 Å². The van der Waals surface area contributed by atoms with Crippen LogP contribution >= 0.6 is 22.9 Å². The fourth-order valence-electron chi connectivity index (χ4n) is 3.48. The number of ether oxygens (including phenoxy) is 2. The van der Waals surface area contributed by atoms with Gasteiger partial charge in [0, 0.05) is 21.5 Å². The molecule has 0 atom stereocenters. The number of hydrogen-bond donors (Lipinski definition) is 1. The summed E-state index contributed by atoms with van der Waals surface area (Å²) in [4.78, 5) is 18.1. The number of thiazole rings is 1. The predicted molar refractivity (Wildman–Crippen MR) is 143 cm³/mol. The molecule has 0 aliphatic carbocycles. The SMILES string of the molecule is COc1cc(/C=C/C(=O)Nc2nc(-c3ccc(Cl)cc3)c(C)s2)ccc1OCc1ccccc1C. The fraction of sp³-hybridized carbons (Fsp3) is 0.143. The van der Waals surface area contributed by atoms with Crippen molar-refractivity contribution in [1.82, 2.24) is 4.98 Å². The van der Waals surface area contributed by atoms with Gasteiger partial charge in [-0.1, -0.05) is 54.1 Å². The van der Waals surface area contributed by atoms with Crippen LogP contribution in [0.4, 0.5) is 5.13 Å². The summed E-state index contributed by atoms with van der Waals surface area (Å²) in [5.74, 6) is 0.981. The van der Waals surface area contributed by atoms with Crippen LogP contribution in [0, 0.1) is 13.8 Å². The lowest BCUT2D eigenvalue weighted by atomic mass is 10.1. The van der Waals surface area contributed by atoms with Gasteiger partial charge in [-0.25, -0.2) is 4.98 Å². The molecule has 35 heavy (non-hydrogen) atoms. The minimum atomic E-state index is -0.264. The van der Waals surface area contributed by atoms with Crippen LogP contribution in [0.3, 0.4) is 0 Å². The van der Waals surface area contributed by atoms with E-state index < -0.39 is 0 Å². The Morgan fingerprint density at radius 1 is 1.06 bits per heavy atom. The van der Waals surface area contributed by atoms with E-state index in [1.807, 2.05) is 67.6 Å². The molecule has 0 radical (unpaired) electrons. The number of carbonyl (C=O) groups is 1. The summed E-state index contributed by atoms with van der Waals surface area (Å²) in [6.45, 7) is 4.48. The maximum Gasteiger partial charge on any atom is 0.250 e. The Labute approximate surface area is 214 Å². The summed E-state index contributed by atoms with van der Waals surface area (Å²) in [7, 11) is 1.60. The average Bonchev–Trinajstić information content (AvgIpc) is 3.22. The monoisotopic (exact) mass is 504 g/mol. The first-order valence-electron chi connectivity index (χ1n) is 11.0. The van der Waals surface area contributed by atoms with Crippen LogP contribution in [0.25, 0.3) is 17.3 Å². The molecule has 3 aromatic carbocycles. The summed E-state index contributed by atoms with van der Waals surface area (Å²) in [5.41, 5.74) is 4.89. The zero-order chi connectivity index (χ0) is 24.8. The van der Waals surface area contributed by atoms with E-state index in [9.17, 15) is 4.79 Å². The number of methoxy groups -OCH3 is 1. The Kier molecular flexibility index (Phi) is 7.85. The van der Waals surface area contributed by atoms with Crippen molar-refractivity contribution in [2.75, 3.05) is 12.4 Å². The first-order valence-corrected chi connectivity index (χ1v) is 12.2. The average molecular weight is 505 g/mol. The van der Waals surface area contributed by atoms with Gasteiger partial charge in [0.2, 0.25) is 5.91 Å². The molecule has 0 fully saturated rings. The molecule has 178 valence electrons. The molecule has 0 aliphatic rings. The second-order valence-corrected chi connectivity index (χ2v) is 9.52. The van der Waals surface area contributed by atoms with E-state index in [0.29, 0.717) is 28.3 Å². The van der Waals surface area contributed by atoms with E-state index in [2.05, 4.69) is 23.3 Å². The molecule has 4 rings (SSSR count). The lowest BCUT2D eigenvalue weighted by molar-refractivity contribution is -0.111. The van der Waals surface area contributed by atoms with Crippen molar-refractivity contribution in [2.24, 2.45) is 0 Å². The Balaban J connectivity index is 1.40. The number of nitrogens with zero attached hydrogens (tertiary/aromatic N) is 1. The van der Waals surface area contributed by atoms with Crippen LogP contribution in [-0.2, 0) is 11.4 Å². The van der Waals surface area contributed by atoms with Crippen molar-refractivity contribution in [2.45, 2.75) is 20.5 Å². The summed E-state index contributed by atoms with van der Waals surface area (Å²) in [6, 6.07) is 21.1. The molecule has 0 saturated carbocycles. The summed E-state index contributed by atoms with van der Waals surface area (Å²) in [5, 5.41) is 4.05. The van der Waals surface area contributed by atoms with Crippen molar-refractivity contribution in [1.29, 1.82) is 0 Å². The van der Waals surface area contributed by atoms with E-state index in [0.717, 1.165) is 27.3 Å². The van der Waals surface area contributed by atoms with E-state index in [4.69, 9.17) is 21.1 Å². The van der Waals surface area contributed by atoms with Crippen LogP contribution in [-0.4, -0.2) is 18.0 Å². The van der Waals surface area contributed by atoms with Gasteiger partial charge in [-0.05, 0) is 60.9 Å². The van der Waals surface area contributed by atoms with Gasteiger partial charge in [-0.3, -0.25) is 10.1 Å². The van der Waals surface area contributed by atoms with Crippen molar-refractivity contribution < 1.29 is 14.3 Å². The third kappa shape index (κ3) is 6.29. The zero-order valence-electron chi connectivity index (χ0n) is 19.7. The Morgan fingerprint density at radius 3 is 2.57 bits per heavy atom. The van der Waals surface area contributed by atoms with Crippen molar-refractivity contribution in [3.63, 3.8) is 0 Å². The quantitative estimate of drug-likeness (QED) is 0.255. The van der Waals surface area contributed by atoms with Gasteiger partial charge in [0.25, 0.3) is 0 Å². The van der Waals surface area contributed by atoms with Gasteiger partial charge in [0.05, 0.1) is 12.8 Å². The van der Waals surface area contributed by atoms with Crippen LogP contribution in [0.15, 0.2) is 72.8 Å². The Hall–Kier alpha value is -3.61. The van der Waals surface area contributed by atoms with E-state index in [-0.39, 0.29) is 5.91 Å². The number of rotatable bonds is 8. The normalized spacial score (nSPS) is 11.0. The topological polar surface area (TPSA) is 60.5 Å². The predicted octanol–water partition coefficient (Wildman–Crippen LogP) is 7.32. The van der Waals surface area contributed by atoms with E-state index in [1.165, 1.54) is 23.0 Å². The number of aryl methyl sites for hydroxylation is 2. The molecule has 0 spiro atoms. The number of aromatic nitrogens is 1. The molecule has 0 aliphatic heterocycles. The molecule has 4 aromatic rings. The highest BCUT2D eigenvalue weighted by Crippen LogP contribution is 2.32. The first kappa shape index (κ1) is 24.5. The molecule has 1 N–H and O–H groups in total. The number of halogens is 1. The number of amides is 1. The standard InChI is InChI=1S/C28H25ClN2O3S/c1-18-6-4-5-7-22(18)17-34-24-14-8-20(16-25(24)33-3)9-15-26(32)30-28-31-27(19(2)35-28)21-10-12-23(29)13-11-21/h4-16H,17H2,1-3H3,(H,30,31,32)/b15-9+. The lowest BCUT2D eigenvalue weighted by Gasteiger charge is -2.12. The number of nitrogens with one attached hydrogen (secondary N) is 1. The minimum absolute atomic E-state index is 0.264. The van der Waals surface area contributed by atoms with Crippen molar-refractivity contribution in [3.05, 3.63) is 99.4 Å². The van der Waals surface area contributed by atoms with Gasteiger partial charge in [0.15, 0.2) is 16.6 Å². The van der Waals surface area contributed by atoms with Crippen LogP contribution in [0.1, 0.15) is 21.6 Å². The van der Waals surface area contributed by atoms with Crippen LogP contribution < -0.4 is 14.8 Å². The highest BCUT2D eigenvalue weighted by Gasteiger charge is 2.11. The van der Waals surface area contributed by atoms with Gasteiger partial charge in [0.1, 0.15) is 6.61 Å². The molecular formula is C28H25ClN2O3S. The van der Waals surface area contributed by atoms with Gasteiger partial charge in [-0.15, -0.1) is 11.3 Å². The number of benzene rings is 3. The lowest BCUT2D eigenvalue weighted by Crippen LogP contribution is -2.07. The third-order valence-corrected chi connectivity index (χ3v) is 6.54. The van der Waals surface area contributed by atoms with Gasteiger partial charge in [-0.2, -0.15) is 0 Å². The van der Waals surface area contributed by atoms with Gasteiger partial charge >= 0.3 is 0 Å². The molecule has 1 aromatic heterocycles. The maximum atomic E-state index is 12.5. The van der Waals surface area contributed by atoms with E-state index in [1.54, 1.807) is 13.2 Å². The molecule has 5 nitrogen and oxygen atoms in total. The van der Waals surface area contributed by atoms with Crippen LogP contribution in [0.2, 0.25) is 5.02 Å². The number of hydrogen-bond acceptors (Lipinski definition) is 5. The fourth-order valence-corrected chi connectivity index (χ4v) is 4.44. The largest absolute Gasteiger partial charge is 0.493 e. The smallest absolute Gasteiger partial charge is 0.250 e. The highest BCUT2D eigenvalue weighted by molar-refractivity contribution is 7.16. The van der Waals surface area contributed by atoms with E-state index >= 15 is 0 Å². The second kappa shape index (κ2) is 11.2. The second-order valence-electron chi connectivity index (χ2n) is 7.88. The summed E-state index contributed by atoms with van der Waals surface area (Å²) < 4.78 is 11.5. The molecule has 0 unspecified atom stereocenters. The van der Waals surface area contributed by atoms with Crippen LogP contribution in [0.5, 0.6) is 11.5 Å². The minimum Gasteiger partial charge on any atom is -0.493 e. The highest BCUT2D eigenvalue weighted by atomic mass is 35.5. The maximum absolute atomic E-state index is 12.5. The zero-order valence-corrected chi connectivity index (χ0v) is 21.2. The molecule has 1 amide bonds. The summed E-state index contributed by atoms with van der Waals surface area (Å²) >= 11 is 7.40. The van der Waals surface area contributed by atoms with Crippen molar-refractivity contribution >= 4 is 40.1 Å². The molecular weight excluding hydrogens is 480 g/mol. The molecule has 7 heteroatoms.